The minimum Gasteiger partial charge on any atom is -0.119 e. The van der Waals surface area contributed by atoms with Crippen LogP contribution in [0, 0.1) is 12.3 Å². The zero-order valence-electron chi connectivity index (χ0n) is 2.19. The molecule has 0 aliphatic heterocycles. The monoisotopic (exact) mass is 71.0 g/mol. The van der Waals surface area contributed by atoms with Crippen molar-refractivity contribution < 1.29 is 0 Å². The van der Waals surface area contributed by atoms with Gasteiger partial charge in [-0.05, 0) is 0 Å². The molecule has 0 aromatic rings. The van der Waals surface area contributed by atoms with Crippen molar-refractivity contribution in [1.29, 1.82) is 0 Å². The molecule has 0 aliphatic rings. The molecule has 0 fully saturated rings. The van der Waals surface area contributed by atoms with Crippen molar-refractivity contribution >= 4 is 12.6 Å². The molecule has 1 radical (unpaired) electrons. The molecular formula is C3H3S. The van der Waals surface area contributed by atoms with Gasteiger partial charge in [0.1, 0.15) is 0 Å². The summed E-state index contributed by atoms with van der Waals surface area (Å²) in [4.78, 5) is 0. The van der Waals surface area contributed by atoms with Crippen LogP contribution in [0.3, 0.4) is 0 Å². The molecule has 4 heavy (non-hydrogen) atoms. The fourth-order valence-corrected chi connectivity index (χ4v) is 0. The summed E-state index contributed by atoms with van der Waals surface area (Å²) < 4.78 is 0. The van der Waals surface area contributed by atoms with Gasteiger partial charge < -0.3 is 0 Å². The third-order valence-electron chi connectivity index (χ3n) is 0.0833. The second kappa shape index (κ2) is 2.91. The van der Waals surface area contributed by atoms with Crippen LogP contribution in [0.5, 0.6) is 0 Å². The maximum atomic E-state index is 4.67. The lowest BCUT2D eigenvalue weighted by Gasteiger charge is -1.50. The quantitative estimate of drug-likeness (QED) is 0.371. The van der Waals surface area contributed by atoms with Crippen molar-refractivity contribution in [3.63, 3.8) is 0 Å². The Labute approximate surface area is 31.6 Å². The maximum Gasteiger partial charge on any atom is 0.0649 e. The predicted molar refractivity (Wildman–Crippen MR) is 21.3 cm³/mol. The molecular weight excluding hydrogens is 68.1 g/mol. The van der Waals surface area contributed by atoms with Crippen LogP contribution in [0.1, 0.15) is 0 Å². The van der Waals surface area contributed by atoms with Crippen molar-refractivity contribution in [2.75, 3.05) is 5.75 Å². The molecule has 0 rings (SSSR count). The summed E-state index contributed by atoms with van der Waals surface area (Å²) in [5.74, 6) is 2.68. The highest BCUT2D eigenvalue weighted by Gasteiger charge is 1.46. The smallest absolute Gasteiger partial charge is 0.0649 e. The van der Waals surface area contributed by atoms with Crippen LogP contribution in [-0.4, -0.2) is 5.75 Å². The first-order valence-corrected chi connectivity index (χ1v) is 1.51. The van der Waals surface area contributed by atoms with E-state index >= 15 is 0 Å². The van der Waals surface area contributed by atoms with E-state index in [1.807, 2.05) is 0 Å². The summed E-state index contributed by atoms with van der Waals surface area (Å²) in [5, 5.41) is 0. The van der Waals surface area contributed by atoms with Crippen molar-refractivity contribution in [2.45, 2.75) is 0 Å². The van der Waals surface area contributed by atoms with Gasteiger partial charge in [-0.1, -0.05) is 18.5 Å². The molecule has 0 spiro atoms. The fraction of sp³-hybridized carbons (Fsp3) is 0.333. The summed E-state index contributed by atoms with van der Waals surface area (Å²) in [6, 6.07) is 0. The second-order valence-corrected chi connectivity index (χ2v) is 0.637. The average Bonchev–Trinajstić information content (AvgIpc) is 1.37. The van der Waals surface area contributed by atoms with E-state index < -0.39 is 0 Å². The molecule has 0 bridgehead atoms. The van der Waals surface area contributed by atoms with Gasteiger partial charge in [-0.3, -0.25) is 0 Å². The lowest BCUT2D eigenvalue weighted by molar-refractivity contribution is 1.99. The Balaban J connectivity index is 2.43. The van der Waals surface area contributed by atoms with E-state index in [1.54, 1.807) is 0 Å². The summed E-state index contributed by atoms with van der Waals surface area (Å²) >= 11 is 4.32. The van der Waals surface area contributed by atoms with E-state index in [0.29, 0.717) is 5.75 Å². The molecule has 0 nitrogen and oxygen atoms in total. The first-order chi connectivity index (χ1) is 1.91. The zero-order chi connectivity index (χ0) is 3.41. The van der Waals surface area contributed by atoms with Gasteiger partial charge in [-0.25, -0.2) is 0 Å². The molecule has 0 saturated heterocycles. The Morgan fingerprint density at radius 1 is 2.00 bits per heavy atom. The lowest BCUT2D eigenvalue weighted by Crippen LogP contribution is -1.47. The largest absolute Gasteiger partial charge is 0.119 e. The van der Waals surface area contributed by atoms with Crippen LogP contribution in [-0.2, 0) is 0 Å². The van der Waals surface area contributed by atoms with Gasteiger partial charge in [0.25, 0.3) is 0 Å². The minimum absolute atomic E-state index is 0.431. The average molecular weight is 71.1 g/mol. The Hall–Kier alpha value is -0.0900. The first-order valence-electron chi connectivity index (χ1n) is 0.931. The van der Waals surface area contributed by atoms with E-state index in [1.165, 1.54) is 0 Å². The maximum absolute atomic E-state index is 4.67. The van der Waals surface area contributed by atoms with Crippen LogP contribution >= 0.6 is 12.6 Å². The van der Waals surface area contributed by atoms with Gasteiger partial charge in [0.2, 0.25) is 0 Å². The van der Waals surface area contributed by atoms with Gasteiger partial charge >= 0.3 is 0 Å². The Bertz CT molecular complexity index is 33.0. The second-order valence-electron chi connectivity index (χ2n) is 0.348. The molecule has 0 saturated carbocycles. The van der Waals surface area contributed by atoms with E-state index in [2.05, 4.69) is 25.0 Å². The van der Waals surface area contributed by atoms with E-state index in [-0.39, 0.29) is 0 Å². The van der Waals surface area contributed by atoms with Crippen molar-refractivity contribution in [3.8, 4) is 12.3 Å². The number of terminal acetylenes is 1. The normalized spacial score (nSPS) is 5.00. The molecule has 0 aliphatic carbocycles. The van der Waals surface area contributed by atoms with Gasteiger partial charge in [0.15, 0.2) is 0 Å². The zero-order valence-corrected chi connectivity index (χ0v) is 3.01. The van der Waals surface area contributed by atoms with Gasteiger partial charge in [0, 0.05) is 0 Å². The van der Waals surface area contributed by atoms with Crippen molar-refractivity contribution in [3.05, 3.63) is 0 Å². The van der Waals surface area contributed by atoms with Gasteiger partial charge in [0.05, 0.1) is 5.75 Å². The number of rotatable bonds is 0. The molecule has 0 amide bonds. The minimum atomic E-state index is 0.431. The highest BCUT2D eigenvalue weighted by Crippen LogP contribution is 1.59. The van der Waals surface area contributed by atoms with Crippen LogP contribution in [0.25, 0.3) is 0 Å². The van der Waals surface area contributed by atoms with Gasteiger partial charge in [-0.15, -0.1) is 6.42 Å². The highest BCUT2D eigenvalue weighted by atomic mass is 32.1. The summed E-state index contributed by atoms with van der Waals surface area (Å²) in [5.41, 5.74) is 0. The first kappa shape index (κ1) is 3.91. The van der Waals surface area contributed by atoms with Crippen LogP contribution < -0.4 is 0 Å². The molecule has 0 N–H and O–H groups in total. The van der Waals surface area contributed by atoms with Crippen molar-refractivity contribution in [2.24, 2.45) is 0 Å². The molecule has 0 heterocycles. The predicted octanol–water partition coefficient (Wildman–Crippen LogP) is 0.817. The standard InChI is InChI=1S/C3H3S/c1-2-3-4/h1H,3H2. The highest BCUT2D eigenvalue weighted by molar-refractivity contribution is 7.80. The van der Waals surface area contributed by atoms with E-state index in [0.717, 1.165) is 0 Å². The van der Waals surface area contributed by atoms with Gasteiger partial charge in [-0.2, -0.15) is 0 Å². The van der Waals surface area contributed by atoms with Crippen molar-refractivity contribution in [1.82, 2.24) is 0 Å². The molecule has 0 aromatic heterocycles. The van der Waals surface area contributed by atoms with Crippen LogP contribution in [0.2, 0.25) is 0 Å². The molecule has 0 aromatic carbocycles. The fourth-order valence-electron chi connectivity index (χ4n) is 0. The van der Waals surface area contributed by atoms with E-state index in [4.69, 9.17) is 0 Å². The summed E-state index contributed by atoms with van der Waals surface area (Å²) in [7, 11) is 0. The Morgan fingerprint density at radius 2 is 2.25 bits per heavy atom. The molecule has 0 atom stereocenters. The lowest BCUT2D eigenvalue weighted by atomic mass is 10.8. The molecule has 21 valence electrons. The SMILES string of the molecule is C#CC[S]. The third-order valence-corrected chi connectivity index (χ3v) is 0.250. The number of hydrogen-bond donors (Lipinski definition) is 0. The van der Waals surface area contributed by atoms with Crippen LogP contribution in [0.15, 0.2) is 0 Å². The molecule has 0 unspecified atom stereocenters. The Kier molecular flexibility index (Phi) is 2.84. The Morgan fingerprint density at radius 3 is 2.25 bits per heavy atom. The third kappa shape index (κ3) is 1.91. The summed E-state index contributed by atoms with van der Waals surface area (Å²) in [6.45, 7) is 0. The summed E-state index contributed by atoms with van der Waals surface area (Å²) in [6.07, 6.45) is 4.67. The number of hydrogen-bond acceptors (Lipinski definition) is 0. The molecule has 1 heteroatoms. The topological polar surface area (TPSA) is 0 Å². The van der Waals surface area contributed by atoms with E-state index in [9.17, 15) is 0 Å². The van der Waals surface area contributed by atoms with Crippen LogP contribution in [0.4, 0.5) is 0 Å².